The normalized spacial score (nSPS) is 11.9. The summed E-state index contributed by atoms with van der Waals surface area (Å²) in [5.74, 6) is 0. The number of alkyl halides is 3. The summed E-state index contributed by atoms with van der Waals surface area (Å²) in [6.45, 7) is 5.21. The van der Waals surface area contributed by atoms with Gasteiger partial charge in [-0.3, -0.25) is 4.98 Å². The molecule has 0 unspecified atom stereocenters. The van der Waals surface area contributed by atoms with E-state index in [-0.39, 0.29) is 6.54 Å². The molecule has 4 nitrogen and oxygen atoms in total. The van der Waals surface area contributed by atoms with Crippen molar-refractivity contribution < 1.29 is 22.7 Å². The van der Waals surface area contributed by atoms with Crippen LogP contribution in [0.4, 0.5) is 18.0 Å². The van der Waals surface area contributed by atoms with Crippen molar-refractivity contribution in [1.82, 2.24) is 10.3 Å². The van der Waals surface area contributed by atoms with Crippen LogP contribution >= 0.6 is 0 Å². The van der Waals surface area contributed by atoms with Gasteiger partial charge in [0.25, 0.3) is 0 Å². The molecule has 1 aromatic heterocycles. The first-order chi connectivity index (χ1) is 11.6. The summed E-state index contributed by atoms with van der Waals surface area (Å²) >= 11 is 0. The van der Waals surface area contributed by atoms with E-state index >= 15 is 0 Å². The molecule has 134 valence electrons. The number of halogens is 3. The fourth-order valence-electron chi connectivity index (χ4n) is 2.15. The fourth-order valence-corrected chi connectivity index (χ4v) is 2.15. The standard InChI is InChI=1S/C18H19F3N2O2/c1-17(2,3)25-16(24)23-11-12-7-8-13(18(19,20)21)10-14(12)15-6-4-5-9-22-15/h4-10H,11H2,1-3H3,(H,23,24). The predicted molar refractivity (Wildman–Crippen MR) is 87.7 cm³/mol. The Morgan fingerprint density at radius 1 is 1.16 bits per heavy atom. The van der Waals surface area contributed by atoms with E-state index in [0.717, 1.165) is 12.1 Å². The van der Waals surface area contributed by atoms with Crippen LogP contribution in [0.5, 0.6) is 0 Å². The molecule has 1 amide bonds. The van der Waals surface area contributed by atoms with Crippen molar-refractivity contribution >= 4 is 6.09 Å². The Bertz CT molecular complexity index is 738. The van der Waals surface area contributed by atoms with E-state index in [1.165, 1.54) is 12.3 Å². The van der Waals surface area contributed by atoms with Crippen LogP contribution < -0.4 is 5.32 Å². The highest BCUT2D eigenvalue weighted by molar-refractivity contribution is 5.69. The summed E-state index contributed by atoms with van der Waals surface area (Å²) in [6, 6.07) is 8.34. The maximum Gasteiger partial charge on any atom is 0.416 e. The molecule has 1 aromatic carbocycles. The summed E-state index contributed by atoms with van der Waals surface area (Å²) in [4.78, 5) is 15.9. The maximum absolute atomic E-state index is 13.0. The number of aromatic nitrogens is 1. The summed E-state index contributed by atoms with van der Waals surface area (Å²) in [5, 5.41) is 2.55. The summed E-state index contributed by atoms with van der Waals surface area (Å²) in [5.41, 5.74) is -0.207. The molecular formula is C18H19F3N2O2. The van der Waals surface area contributed by atoms with Crippen LogP contribution in [-0.4, -0.2) is 16.7 Å². The summed E-state index contributed by atoms with van der Waals surface area (Å²) in [6.07, 6.45) is -3.60. The molecule has 1 N–H and O–H groups in total. The third-order valence-corrected chi connectivity index (χ3v) is 3.20. The Morgan fingerprint density at radius 2 is 1.88 bits per heavy atom. The number of pyridine rings is 1. The average Bonchev–Trinajstić information content (AvgIpc) is 2.51. The highest BCUT2D eigenvalue weighted by Gasteiger charge is 2.31. The second-order valence-corrected chi connectivity index (χ2v) is 6.44. The fraction of sp³-hybridized carbons (Fsp3) is 0.333. The molecule has 0 saturated heterocycles. The number of hydrogen-bond donors (Lipinski definition) is 1. The van der Waals surface area contributed by atoms with Gasteiger partial charge in [0.15, 0.2) is 0 Å². The molecule has 0 atom stereocenters. The van der Waals surface area contributed by atoms with Gasteiger partial charge in [0.05, 0.1) is 11.3 Å². The van der Waals surface area contributed by atoms with Crippen LogP contribution in [0.3, 0.4) is 0 Å². The summed E-state index contributed by atoms with van der Waals surface area (Å²) in [7, 11) is 0. The number of nitrogens with zero attached hydrogens (tertiary/aromatic N) is 1. The molecule has 7 heteroatoms. The van der Waals surface area contributed by atoms with Gasteiger partial charge >= 0.3 is 12.3 Å². The van der Waals surface area contributed by atoms with E-state index in [4.69, 9.17) is 4.74 Å². The van der Waals surface area contributed by atoms with Gasteiger partial charge in [-0.1, -0.05) is 12.1 Å². The van der Waals surface area contributed by atoms with Crippen molar-refractivity contribution in [3.63, 3.8) is 0 Å². The molecule has 25 heavy (non-hydrogen) atoms. The van der Waals surface area contributed by atoms with Crippen LogP contribution in [-0.2, 0) is 17.5 Å². The Kier molecular flexibility index (Phi) is 5.35. The van der Waals surface area contributed by atoms with E-state index < -0.39 is 23.4 Å². The molecule has 2 aromatic rings. The number of nitrogens with one attached hydrogen (secondary N) is 1. The number of carbonyl (C=O) groups is 1. The molecule has 0 bridgehead atoms. The molecule has 2 rings (SSSR count). The van der Waals surface area contributed by atoms with Gasteiger partial charge in [-0.25, -0.2) is 4.79 Å². The molecule has 0 saturated carbocycles. The van der Waals surface area contributed by atoms with Gasteiger partial charge in [0, 0.05) is 18.3 Å². The third-order valence-electron chi connectivity index (χ3n) is 3.20. The zero-order valence-electron chi connectivity index (χ0n) is 14.1. The zero-order chi connectivity index (χ0) is 18.7. The van der Waals surface area contributed by atoms with E-state index in [9.17, 15) is 18.0 Å². The van der Waals surface area contributed by atoms with Crippen LogP contribution in [0.2, 0.25) is 0 Å². The number of amides is 1. The lowest BCUT2D eigenvalue weighted by Gasteiger charge is -2.20. The highest BCUT2D eigenvalue weighted by Crippen LogP contribution is 2.33. The van der Waals surface area contributed by atoms with Gasteiger partial charge in [0.2, 0.25) is 0 Å². The SMILES string of the molecule is CC(C)(C)OC(=O)NCc1ccc(C(F)(F)F)cc1-c1ccccn1. The quantitative estimate of drug-likeness (QED) is 0.864. The summed E-state index contributed by atoms with van der Waals surface area (Å²) < 4.78 is 44.2. The van der Waals surface area contributed by atoms with E-state index in [0.29, 0.717) is 16.8 Å². The lowest BCUT2D eigenvalue weighted by atomic mass is 10.0. The van der Waals surface area contributed by atoms with Crippen LogP contribution in [0.25, 0.3) is 11.3 Å². The topological polar surface area (TPSA) is 51.2 Å². The van der Waals surface area contributed by atoms with Gasteiger partial charge in [-0.2, -0.15) is 13.2 Å². The Balaban J connectivity index is 2.30. The van der Waals surface area contributed by atoms with E-state index in [1.54, 1.807) is 39.0 Å². The van der Waals surface area contributed by atoms with Crippen molar-refractivity contribution in [2.24, 2.45) is 0 Å². The van der Waals surface area contributed by atoms with Crippen molar-refractivity contribution in [3.8, 4) is 11.3 Å². The van der Waals surface area contributed by atoms with Crippen molar-refractivity contribution in [2.75, 3.05) is 0 Å². The minimum absolute atomic E-state index is 0.0267. The van der Waals surface area contributed by atoms with Crippen LogP contribution in [0.15, 0.2) is 42.6 Å². The number of alkyl carbamates (subject to hydrolysis) is 1. The molecule has 0 radical (unpaired) electrons. The monoisotopic (exact) mass is 352 g/mol. The lowest BCUT2D eigenvalue weighted by Crippen LogP contribution is -2.32. The third kappa shape index (κ3) is 5.48. The number of benzene rings is 1. The van der Waals surface area contributed by atoms with Gasteiger partial charge < -0.3 is 10.1 Å². The number of ether oxygens (including phenoxy) is 1. The maximum atomic E-state index is 13.0. The molecule has 0 aliphatic carbocycles. The smallest absolute Gasteiger partial charge is 0.416 e. The van der Waals surface area contributed by atoms with Crippen molar-refractivity contribution in [3.05, 3.63) is 53.7 Å². The largest absolute Gasteiger partial charge is 0.444 e. The van der Waals surface area contributed by atoms with Crippen LogP contribution in [0, 0.1) is 0 Å². The van der Waals surface area contributed by atoms with Crippen molar-refractivity contribution in [1.29, 1.82) is 0 Å². The number of rotatable bonds is 3. The second-order valence-electron chi connectivity index (χ2n) is 6.44. The predicted octanol–water partition coefficient (Wildman–Crippen LogP) is 4.79. The second kappa shape index (κ2) is 7.13. The Hall–Kier alpha value is -2.57. The molecular weight excluding hydrogens is 333 g/mol. The first-order valence-electron chi connectivity index (χ1n) is 7.64. The lowest BCUT2D eigenvalue weighted by molar-refractivity contribution is -0.137. The van der Waals surface area contributed by atoms with Crippen molar-refractivity contribution in [2.45, 2.75) is 39.1 Å². The van der Waals surface area contributed by atoms with E-state index in [2.05, 4.69) is 10.3 Å². The Labute approximate surface area is 144 Å². The molecule has 0 spiro atoms. The van der Waals surface area contributed by atoms with Gasteiger partial charge in [-0.15, -0.1) is 0 Å². The minimum atomic E-state index is -4.46. The molecule has 0 aliphatic rings. The molecule has 0 aliphatic heterocycles. The first kappa shape index (κ1) is 18.8. The molecule has 0 fully saturated rings. The minimum Gasteiger partial charge on any atom is -0.444 e. The number of carbonyl (C=O) groups excluding carboxylic acids is 1. The van der Waals surface area contributed by atoms with Crippen LogP contribution in [0.1, 0.15) is 31.9 Å². The van der Waals surface area contributed by atoms with E-state index in [1.807, 2.05) is 0 Å². The number of hydrogen-bond acceptors (Lipinski definition) is 3. The van der Waals surface area contributed by atoms with Gasteiger partial charge in [0.1, 0.15) is 5.60 Å². The van der Waals surface area contributed by atoms with Gasteiger partial charge in [-0.05, 0) is 50.6 Å². The molecule has 1 heterocycles. The average molecular weight is 352 g/mol. The Morgan fingerprint density at radius 3 is 2.44 bits per heavy atom. The zero-order valence-corrected chi connectivity index (χ0v) is 14.1. The first-order valence-corrected chi connectivity index (χ1v) is 7.64. The highest BCUT2D eigenvalue weighted by atomic mass is 19.4.